The maximum atomic E-state index is 9.76. The molecule has 2 heterocycles. The fourth-order valence-electron chi connectivity index (χ4n) is 16.1. The standard InChI is InChI=1S/C82H44N4S/c83-45-47-31-35-49(36-32-47)51-39-41-57-63(43-51)64-44-52(50-37-33-48(46-84)34-38-50)40-42-58(64)76-75(57)85-77-78(86-76)80(62-22-14-30-72-74(62)60-20-6-12-28-70(60)82(72)67-25-9-3-17-55(67)56-18-4-10-26-68(56)82)87-79(77)61-21-13-29-71-73(61)59-19-5-11-27-69(59)81(71)65-23-7-1-15-53(65)54-16-2-8-24-66(54)81/h1-44H. The number of aromatic nitrogens is 2. The normalized spacial score (nSPS) is 13.7. The summed E-state index contributed by atoms with van der Waals surface area (Å²) in [6.45, 7) is 0. The van der Waals surface area contributed by atoms with Crippen LogP contribution in [0.3, 0.4) is 0 Å². The molecule has 5 heteroatoms. The Labute approximate surface area is 505 Å². The summed E-state index contributed by atoms with van der Waals surface area (Å²) in [5.41, 5.74) is 30.3. The van der Waals surface area contributed by atoms with Crippen LogP contribution >= 0.6 is 11.3 Å². The lowest BCUT2D eigenvalue weighted by atomic mass is 9.70. The van der Waals surface area contributed by atoms with E-state index < -0.39 is 10.8 Å². The largest absolute Gasteiger partial charge is 0.242 e. The molecule has 0 atom stereocenters. The van der Waals surface area contributed by atoms with Gasteiger partial charge in [-0.05, 0) is 158 Å². The molecule has 13 aromatic carbocycles. The summed E-state index contributed by atoms with van der Waals surface area (Å²) in [4.78, 5) is 14.3. The molecule has 4 aliphatic rings. The third-order valence-corrected chi connectivity index (χ3v) is 20.8. The summed E-state index contributed by atoms with van der Waals surface area (Å²) >= 11 is 1.82. The van der Waals surface area contributed by atoms with Gasteiger partial charge in [0, 0.05) is 21.9 Å². The van der Waals surface area contributed by atoms with E-state index in [2.05, 4.69) is 231 Å². The van der Waals surface area contributed by atoms with E-state index in [-0.39, 0.29) is 0 Å². The van der Waals surface area contributed by atoms with Crippen molar-refractivity contribution in [1.29, 1.82) is 10.5 Å². The van der Waals surface area contributed by atoms with Crippen molar-refractivity contribution in [2.24, 2.45) is 0 Å². The molecule has 398 valence electrons. The van der Waals surface area contributed by atoms with Crippen LogP contribution in [0.2, 0.25) is 0 Å². The Morgan fingerprint density at radius 2 is 0.563 bits per heavy atom. The van der Waals surface area contributed by atoms with E-state index in [4.69, 9.17) is 9.97 Å². The summed E-state index contributed by atoms with van der Waals surface area (Å²) in [5.74, 6) is 0. The zero-order chi connectivity index (χ0) is 57.3. The monoisotopic (exact) mass is 1120 g/mol. The predicted molar refractivity (Wildman–Crippen MR) is 354 cm³/mol. The van der Waals surface area contributed by atoms with Gasteiger partial charge in [-0.25, -0.2) is 9.97 Å². The van der Waals surface area contributed by atoms with Crippen molar-refractivity contribution in [3.8, 4) is 99.8 Å². The van der Waals surface area contributed by atoms with Crippen LogP contribution in [0.5, 0.6) is 0 Å². The first-order chi connectivity index (χ1) is 43.1. The highest BCUT2D eigenvalue weighted by atomic mass is 32.1. The first kappa shape index (κ1) is 48.1. The Bertz CT molecular complexity index is 5240. The van der Waals surface area contributed by atoms with Crippen molar-refractivity contribution in [1.82, 2.24) is 9.97 Å². The van der Waals surface area contributed by atoms with Gasteiger partial charge in [0.05, 0.1) is 54.9 Å². The molecule has 0 amide bonds. The number of hydrogen-bond acceptors (Lipinski definition) is 5. The number of benzene rings is 13. The first-order valence-electron chi connectivity index (χ1n) is 29.6. The minimum atomic E-state index is -0.534. The van der Waals surface area contributed by atoms with Gasteiger partial charge in [0.25, 0.3) is 0 Å². The van der Waals surface area contributed by atoms with Crippen LogP contribution in [0.1, 0.15) is 55.6 Å². The van der Waals surface area contributed by atoms with E-state index in [9.17, 15) is 10.5 Å². The molecular weight excluding hydrogens is 1070 g/mol. The smallest absolute Gasteiger partial charge is 0.109 e. The van der Waals surface area contributed by atoms with Crippen LogP contribution in [-0.4, -0.2) is 9.97 Å². The number of nitrogens with zero attached hydrogens (tertiary/aromatic N) is 4. The highest BCUT2D eigenvalue weighted by molar-refractivity contribution is 7.21. The molecule has 0 aliphatic heterocycles. The van der Waals surface area contributed by atoms with Crippen molar-refractivity contribution < 1.29 is 0 Å². The third kappa shape index (κ3) is 6.17. The minimum Gasteiger partial charge on any atom is -0.242 e. The summed E-state index contributed by atoms with van der Waals surface area (Å²) in [5, 5.41) is 23.6. The van der Waals surface area contributed by atoms with Gasteiger partial charge in [-0.15, -0.1) is 11.3 Å². The molecule has 0 saturated heterocycles. The van der Waals surface area contributed by atoms with E-state index in [1.165, 1.54) is 89.0 Å². The number of hydrogen-bond donors (Lipinski definition) is 0. The SMILES string of the molecule is N#Cc1ccc(-c2ccc3c(c2)c2cc(-c4ccc(C#N)cc4)ccc2c2nc4c(-c5cccc6c5-c5ccccc5C65c6ccccc6-c6ccccc65)sc(-c5cccc6c5-c5ccccc5C65c6ccccc6-c6ccccc65)c4nc32)cc1. The molecule has 0 N–H and O–H groups in total. The zero-order valence-corrected chi connectivity index (χ0v) is 47.4. The van der Waals surface area contributed by atoms with Gasteiger partial charge in [-0.2, -0.15) is 10.5 Å². The highest BCUT2D eigenvalue weighted by Gasteiger charge is 2.54. The minimum absolute atomic E-state index is 0.534. The molecule has 19 rings (SSSR count). The quantitative estimate of drug-likeness (QED) is 0.165. The molecular formula is C82H44N4S. The molecule has 15 aromatic rings. The Morgan fingerprint density at radius 3 is 0.920 bits per heavy atom. The Balaban J connectivity index is 0.940. The molecule has 0 radical (unpaired) electrons. The van der Waals surface area contributed by atoms with Crippen LogP contribution in [-0.2, 0) is 10.8 Å². The number of nitriles is 2. The van der Waals surface area contributed by atoms with Gasteiger partial charge < -0.3 is 0 Å². The second-order valence-corrected chi connectivity index (χ2v) is 24.5. The molecule has 0 unspecified atom stereocenters. The lowest BCUT2D eigenvalue weighted by Gasteiger charge is -2.30. The van der Waals surface area contributed by atoms with E-state index in [0.717, 1.165) is 86.7 Å². The van der Waals surface area contributed by atoms with Gasteiger partial charge >= 0.3 is 0 Å². The summed E-state index contributed by atoms with van der Waals surface area (Å²) in [7, 11) is 0. The third-order valence-electron chi connectivity index (χ3n) is 19.6. The van der Waals surface area contributed by atoms with Crippen molar-refractivity contribution in [3.63, 3.8) is 0 Å². The summed E-state index contributed by atoms with van der Waals surface area (Å²) < 4.78 is 0. The zero-order valence-electron chi connectivity index (χ0n) is 46.6. The Morgan fingerprint density at radius 1 is 0.264 bits per heavy atom. The second-order valence-electron chi connectivity index (χ2n) is 23.5. The first-order valence-corrected chi connectivity index (χ1v) is 30.4. The molecule has 0 fully saturated rings. The average Bonchev–Trinajstić information content (AvgIpc) is 1.53. The van der Waals surface area contributed by atoms with Crippen molar-refractivity contribution in [3.05, 3.63) is 323 Å². The van der Waals surface area contributed by atoms with Crippen LogP contribution in [0.4, 0.5) is 0 Å². The van der Waals surface area contributed by atoms with Crippen LogP contribution < -0.4 is 0 Å². The van der Waals surface area contributed by atoms with E-state index >= 15 is 0 Å². The van der Waals surface area contributed by atoms with Gasteiger partial charge in [-0.1, -0.05) is 231 Å². The van der Waals surface area contributed by atoms with Gasteiger partial charge in [0.2, 0.25) is 0 Å². The van der Waals surface area contributed by atoms with Crippen LogP contribution in [0.15, 0.2) is 267 Å². The summed E-state index contributed by atoms with van der Waals surface area (Å²) in [6, 6.07) is 102. The summed E-state index contributed by atoms with van der Waals surface area (Å²) in [6.07, 6.45) is 0. The number of rotatable bonds is 4. The average molecular weight is 1120 g/mol. The molecule has 0 bridgehead atoms. The molecule has 4 aliphatic carbocycles. The molecule has 0 saturated carbocycles. The van der Waals surface area contributed by atoms with Gasteiger partial charge in [-0.3, -0.25) is 0 Å². The highest BCUT2D eigenvalue weighted by Crippen LogP contribution is 2.67. The van der Waals surface area contributed by atoms with E-state index in [1.807, 2.05) is 59.9 Å². The second kappa shape index (κ2) is 17.6. The maximum absolute atomic E-state index is 9.76. The lowest BCUT2D eigenvalue weighted by Crippen LogP contribution is -2.25. The van der Waals surface area contributed by atoms with Crippen LogP contribution in [0.25, 0.3) is 131 Å². The molecule has 87 heavy (non-hydrogen) atoms. The number of fused-ring (bicyclic) bond motifs is 27. The lowest BCUT2D eigenvalue weighted by molar-refractivity contribution is 0.794. The van der Waals surface area contributed by atoms with Crippen molar-refractivity contribution in [2.75, 3.05) is 0 Å². The fraction of sp³-hybridized carbons (Fsp3) is 0.0244. The van der Waals surface area contributed by atoms with Gasteiger partial charge in [0.15, 0.2) is 0 Å². The van der Waals surface area contributed by atoms with E-state index in [1.54, 1.807) is 0 Å². The van der Waals surface area contributed by atoms with Crippen molar-refractivity contribution >= 4 is 54.9 Å². The topological polar surface area (TPSA) is 73.4 Å². The molecule has 4 nitrogen and oxygen atoms in total. The Hall–Kier alpha value is -11.3. The molecule has 2 aromatic heterocycles. The maximum Gasteiger partial charge on any atom is 0.109 e. The van der Waals surface area contributed by atoms with Crippen molar-refractivity contribution in [2.45, 2.75) is 10.8 Å². The number of thiophene rings is 1. The van der Waals surface area contributed by atoms with Crippen LogP contribution in [0, 0.1) is 22.7 Å². The molecule has 2 spiro atoms. The fourth-order valence-corrected chi connectivity index (χ4v) is 17.4. The van der Waals surface area contributed by atoms with E-state index in [0.29, 0.717) is 11.1 Å². The van der Waals surface area contributed by atoms with Gasteiger partial charge in [0.1, 0.15) is 11.0 Å². The Kier molecular flexibility index (Phi) is 9.73. The predicted octanol–water partition coefficient (Wildman–Crippen LogP) is 20.2.